The number of primary sulfonamides is 2. The molecule has 9 aromatic rings. The van der Waals surface area contributed by atoms with Crippen molar-refractivity contribution in [2.75, 3.05) is 27.6 Å². The van der Waals surface area contributed by atoms with E-state index in [1.165, 1.54) is 65.5 Å². The Kier molecular flexibility index (Phi) is 25.7. The number of nitrogens with two attached hydrogens (primary N) is 2. The average molecular weight is 1720 g/mol. The molecule has 102 heavy (non-hydrogen) atoms. The van der Waals surface area contributed by atoms with Gasteiger partial charge in [0, 0.05) is 60.2 Å². The van der Waals surface area contributed by atoms with Crippen LogP contribution in [-0.2, 0) is 63.2 Å². The monoisotopic (exact) mass is 1720 g/mol. The second kappa shape index (κ2) is 32.2. The number of ketones is 2. The minimum absolute atomic E-state index is 0.00244. The van der Waals surface area contributed by atoms with E-state index in [1.807, 2.05) is 32.4 Å². The number of H-pyrrole nitrogens is 1. The van der Waals surface area contributed by atoms with Gasteiger partial charge >= 0.3 is 7.12 Å². The molecular weight excluding hydrogens is 1660 g/mol. The standard InChI is InChI=1S/C27H33BF2N4O6S.C22H18ClF2N5O5S2.C6H3BrCl2O2S.C6H5BrClNO2S/c1-6-13-41(36,37)33-19-11-10-18(29)21(22(19)30)24(35)23-17-14-16(28-39-26(2,3)27(4,5)40-28)15-31-25(17)34(32-23)20-9-7-8-12-38-20;1-2-7-36(32,33)30-17-6-5-16(24)18(19(17)25)21(31)20-14-8-11(10-27-22(14)29-28-20)13-4-3-12(9-15(13)23)37(26,34)35;2*7-5-2-1-4(3-6(5)8)12(9,10)11/h10-11,14-15,20,33H,6-9,12-13H2,1-5H3;3-6,8-10,30H,2,7H2,1H3,(H2,26,34,35)(H,27,28,29);1-3H;1-3H,(H2,9,10,11). The van der Waals surface area contributed by atoms with Crippen molar-refractivity contribution in [2.45, 2.75) is 106 Å². The maximum absolute atomic E-state index is 15.6. The number of hydrogen-bond acceptors (Lipinski definition) is 19. The molecule has 2 saturated heterocycles. The molecule has 25 nitrogen and oxygen atoms in total. The van der Waals surface area contributed by atoms with Crippen molar-refractivity contribution in [3.8, 4) is 11.1 Å². The molecule has 0 bridgehead atoms. The zero-order chi connectivity index (χ0) is 75.6. The SMILES string of the molecule is CCCS(=O)(=O)Nc1ccc(F)c(C(=O)c2[nH]nc3ncc(-c4ccc(S(N)(=O)=O)cc4Cl)cc23)c1F.CCCS(=O)(=O)Nc1ccc(F)c(C(=O)c2nn(C3CCCCO3)c3ncc(B4OC(C)(C)C(C)(C)O4)cc23)c1F.NS(=O)(=O)c1ccc(Br)c(Cl)c1.O=S(=O)(Cl)c1ccc(Br)c(Cl)c1. The van der Waals surface area contributed by atoms with Gasteiger partial charge in [-0.1, -0.05) is 54.7 Å². The van der Waals surface area contributed by atoms with Crippen LogP contribution in [0.25, 0.3) is 33.2 Å². The van der Waals surface area contributed by atoms with Crippen LogP contribution in [0.4, 0.5) is 28.9 Å². The smallest absolute Gasteiger partial charge is 0.399 e. The minimum atomic E-state index is -4.00. The number of nitrogens with zero attached hydrogens (tertiary/aromatic N) is 5. The van der Waals surface area contributed by atoms with Gasteiger partial charge in [0.1, 0.15) is 23.0 Å². The van der Waals surface area contributed by atoms with Gasteiger partial charge in [0.15, 0.2) is 29.2 Å². The van der Waals surface area contributed by atoms with Gasteiger partial charge in [-0.3, -0.25) is 24.1 Å². The lowest BCUT2D eigenvalue weighted by molar-refractivity contribution is -0.0371. The summed E-state index contributed by atoms with van der Waals surface area (Å²) in [5.41, 5.74) is -3.36. The van der Waals surface area contributed by atoms with Crippen molar-refractivity contribution in [2.24, 2.45) is 10.3 Å². The van der Waals surface area contributed by atoms with Gasteiger partial charge < -0.3 is 14.0 Å². The van der Waals surface area contributed by atoms with Crippen LogP contribution < -0.4 is 25.2 Å². The molecule has 1 unspecified atom stereocenters. The molecule has 2 aliphatic rings. The Bertz CT molecular complexity index is 5290. The first-order chi connectivity index (χ1) is 47.4. The van der Waals surface area contributed by atoms with E-state index in [1.54, 1.807) is 26.1 Å². The molecule has 546 valence electrons. The van der Waals surface area contributed by atoms with E-state index in [2.05, 4.69) is 61.8 Å². The Balaban J connectivity index is 0.000000196. The van der Waals surface area contributed by atoms with Crippen LogP contribution in [0.3, 0.4) is 0 Å². The highest BCUT2D eigenvalue weighted by Gasteiger charge is 2.52. The lowest BCUT2D eigenvalue weighted by atomic mass is 9.80. The Hall–Kier alpha value is -6.27. The lowest BCUT2D eigenvalue weighted by Crippen LogP contribution is -2.41. The van der Waals surface area contributed by atoms with E-state index in [0.717, 1.165) is 43.2 Å². The summed E-state index contributed by atoms with van der Waals surface area (Å²) in [6, 6.07) is 18.6. The van der Waals surface area contributed by atoms with Gasteiger partial charge in [0.05, 0.1) is 80.7 Å². The van der Waals surface area contributed by atoms with Crippen molar-refractivity contribution in [3.05, 3.63) is 173 Å². The minimum Gasteiger partial charge on any atom is -0.399 e. The number of fused-ring (bicyclic) bond motifs is 2. The fraction of sp³-hybridized carbons (Fsp3) is 0.279. The van der Waals surface area contributed by atoms with Crippen molar-refractivity contribution < 1.29 is 83.3 Å². The molecule has 0 amide bonds. The predicted octanol–water partition coefficient (Wildman–Crippen LogP) is 12.5. The topological polar surface area (TPSA) is 381 Å². The third-order valence-corrected chi connectivity index (χ3v) is 24.4. The molecule has 5 aromatic carbocycles. The van der Waals surface area contributed by atoms with E-state index in [9.17, 15) is 56.1 Å². The zero-order valence-corrected chi connectivity index (χ0v) is 64.2. The molecule has 0 aliphatic carbocycles. The molecule has 11 rings (SSSR count). The number of benzene rings is 5. The van der Waals surface area contributed by atoms with E-state index in [4.69, 9.17) is 69.8 Å². The number of halogens is 10. The van der Waals surface area contributed by atoms with Gasteiger partial charge in [0.25, 0.3) is 9.05 Å². The second-order valence-corrected chi connectivity index (χ2v) is 35.7. The Morgan fingerprint density at radius 3 is 1.64 bits per heavy atom. The first kappa shape index (κ1) is 81.4. The Morgan fingerprint density at radius 1 is 0.657 bits per heavy atom. The normalized spacial score (nSPS) is 15.4. The molecular formula is C61H59BBr2Cl4F4N10O15S5. The predicted molar refractivity (Wildman–Crippen MR) is 385 cm³/mol. The summed E-state index contributed by atoms with van der Waals surface area (Å²) in [4.78, 5) is 35.5. The maximum atomic E-state index is 15.6. The van der Waals surface area contributed by atoms with Crippen LogP contribution in [0, 0.1) is 23.3 Å². The zero-order valence-electron chi connectivity index (χ0n) is 54.0. The largest absolute Gasteiger partial charge is 0.496 e. The third kappa shape index (κ3) is 19.2. The molecule has 0 saturated carbocycles. The summed E-state index contributed by atoms with van der Waals surface area (Å²) >= 11 is 23.8. The number of carbonyl (C=O) groups excluding carboxylic acids is 2. The van der Waals surface area contributed by atoms with Crippen LogP contribution in [-0.4, -0.2) is 120 Å². The van der Waals surface area contributed by atoms with E-state index < -0.39 is 131 Å². The lowest BCUT2D eigenvalue weighted by Gasteiger charge is -2.32. The third-order valence-electron chi connectivity index (χ3n) is 15.5. The maximum Gasteiger partial charge on any atom is 0.496 e. The van der Waals surface area contributed by atoms with Gasteiger partial charge in [0.2, 0.25) is 51.7 Å². The number of anilines is 2. The average Bonchev–Trinajstić information content (AvgIpc) is 1.57. The number of pyridine rings is 2. The highest BCUT2D eigenvalue weighted by molar-refractivity contribution is 9.10. The second-order valence-electron chi connectivity index (χ2n) is 23.4. The highest BCUT2D eigenvalue weighted by Crippen LogP contribution is 2.39. The van der Waals surface area contributed by atoms with Crippen LogP contribution in [0.5, 0.6) is 0 Å². The van der Waals surface area contributed by atoms with Crippen LogP contribution in [0.2, 0.25) is 15.1 Å². The fourth-order valence-corrected chi connectivity index (χ4v) is 15.2. The molecule has 7 N–H and O–H groups in total. The quantitative estimate of drug-likeness (QED) is 0.0230. The first-order valence-corrected chi connectivity index (χ1v) is 41.3. The molecule has 6 heterocycles. The van der Waals surface area contributed by atoms with Crippen LogP contribution in [0.1, 0.15) is 112 Å². The van der Waals surface area contributed by atoms with Crippen molar-refractivity contribution in [1.82, 2.24) is 29.9 Å². The Morgan fingerprint density at radius 2 is 1.16 bits per heavy atom. The molecule has 2 aliphatic heterocycles. The van der Waals surface area contributed by atoms with Crippen LogP contribution in [0.15, 0.2) is 127 Å². The van der Waals surface area contributed by atoms with Crippen molar-refractivity contribution in [1.29, 1.82) is 0 Å². The number of carbonyl (C=O) groups is 2. The number of sulfonamides is 4. The number of aromatic nitrogens is 6. The summed E-state index contributed by atoms with van der Waals surface area (Å²) < 4.78 is 200. The summed E-state index contributed by atoms with van der Waals surface area (Å²) in [6.07, 6.45) is 5.29. The van der Waals surface area contributed by atoms with E-state index >= 15 is 13.2 Å². The molecule has 0 radical (unpaired) electrons. The van der Waals surface area contributed by atoms with E-state index in [-0.39, 0.29) is 71.9 Å². The molecule has 2 fully saturated rings. The summed E-state index contributed by atoms with van der Waals surface area (Å²) in [5.74, 6) is -7.86. The molecule has 4 aromatic heterocycles. The summed E-state index contributed by atoms with van der Waals surface area (Å²) in [5, 5.41) is 21.7. The Labute approximate surface area is 620 Å². The summed E-state index contributed by atoms with van der Waals surface area (Å²) in [7, 11) is -14.9. The number of aromatic amines is 1. The van der Waals surface area contributed by atoms with Crippen molar-refractivity contribution in [3.63, 3.8) is 0 Å². The van der Waals surface area contributed by atoms with Gasteiger partial charge in [-0.05, 0) is 177 Å². The molecule has 1 atom stereocenters. The molecule has 0 spiro atoms. The first-order valence-electron chi connectivity index (χ1n) is 29.8. The van der Waals surface area contributed by atoms with Crippen molar-refractivity contribution >= 4 is 184 Å². The molecule has 41 heteroatoms. The van der Waals surface area contributed by atoms with Gasteiger partial charge in [-0.15, -0.1) is 0 Å². The summed E-state index contributed by atoms with van der Waals surface area (Å²) in [6.45, 7) is 11.4. The van der Waals surface area contributed by atoms with Gasteiger partial charge in [-0.2, -0.15) is 10.2 Å². The number of nitrogens with one attached hydrogen (secondary N) is 3. The number of rotatable bonds is 18. The number of hydrogen-bond donors (Lipinski definition) is 5. The fourth-order valence-electron chi connectivity index (χ4n) is 9.74. The highest BCUT2D eigenvalue weighted by atomic mass is 79.9. The van der Waals surface area contributed by atoms with Crippen LogP contribution >= 0.6 is 77.3 Å². The number of ether oxygens (including phenoxy) is 1. The van der Waals surface area contributed by atoms with Gasteiger partial charge in [-0.25, -0.2) is 84.6 Å². The van der Waals surface area contributed by atoms with E-state index in [0.29, 0.717) is 54.3 Å².